The van der Waals surface area contributed by atoms with Gasteiger partial charge in [-0.1, -0.05) is 48.5 Å². The molecule has 3 amide bonds. The molecule has 20 rings (SSSR count). The Morgan fingerprint density at radius 1 is 0.398 bits per heavy atom. The van der Waals surface area contributed by atoms with Gasteiger partial charge in [0.05, 0.1) is 6.61 Å². The van der Waals surface area contributed by atoms with Crippen LogP contribution in [0.2, 0.25) is 0 Å². The summed E-state index contributed by atoms with van der Waals surface area (Å²) < 4.78 is 33.7. The Labute approximate surface area is 674 Å². The quantitative estimate of drug-likeness (QED) is 0.0164. The van der Waals surface area contributed by atoms with Crippen LogP contribution < -0.4 is 35.9 Å². The summed E-state index contributed by atoms with van der Waals surface area (Å²) in [5.74, 6) is 14.0. The minimum Gasteiger partial charge on any atom is -0.508 e. The number of rotatable bonds is 24. The van der Waals surface area contributed by atoms with Gasteiger partial charge < -0.3 is 70.0 Å². The maximum Gasteiger partial charge on any atom is 0.407 e. The number of phenols is 1. The van der Waals surface area contributed by atoms with Crippen LogP contribution in [0.1, 0.15) is 213 Å². The maximum absolute atomic E-state index is 12.5. The van der Waals surface area contributed by atoms with Crippen molar-refractivity contribution in [3.63, 3.8) is 0 Å². The second-order valence-electron chi connectivity index (χ2n) is 38.7. The van der Waals surface area contributed by atoms with Crippen molar-refractivity contribution in [2.75, 3.05) is 65.8 Å². The van der Waals surface area contributed by atoms with E-state index in [0.29, 0.717) is 91.6 Å². The topological polar surface area (TPSA) is 314 Å². The van der Waals surface area contributed by atoms with E-state index in [0.717, 1.165) is 58.8 Å². The van der Waals surface area contributed by atoms with Gasteiger partial charge in [-0.25, -0.2) is 14.4 Å². The van der Waals surface area contributed by atoms with E-state index in [2.05, 4.69) is 62.0 Å². The molecule has 24 heteroatoms. The second-order valence-corrected chi connectivity index (χ2v) is 38.7. The molecule has 113 heavy (non-hydrogen) atoms. The number of nitrogens with two attached hydrogens (primary N) is 1. The highest BCUT2D eigenvalue weighted by molar-refractivity contribution is 5.85. The minimum atomic E-state index is -0.814. The molecule has 4 aromatic carbocycles. The van der Waals surface area contributed by atoms with Crippen LogP contribution >= 0.6 is 12.4 Å². The zero-order chi connectivity index (χ0) is 79.5. The summed E-state index contributed by atoms with van der Waals surface area (Å²) in [7, 11) is 0. The van der Waals surface area contributed by atoms with E-state index >= 15 is 0 Å². The Morgan fingerprint density at radius 3 is 0.894 bits per heavy atom. The standard InChI is InChI=1S/C24H34N2O6.C24H35NO4.C22H31NO3.C19H26N2O4.ClH/c1-23(2,3)32-22(27)25-15-24(19-10-16-9-17(12-19)13-20(24)11-16)18-5-4-6-21(14-18)30-7-8-31-26(28)29;1-23(2,3)29-22(27)25-15-24(18-5-4-6-21(14-18)28-8-7-26)19-10-16-9-17(12-19)13-20(24)11-16;1-21(2,3)26-20(25)23-13-22(16-5-4-6-19(24)12-16)17-8-14-7-15(10-17)11-18(22)9-14;20-12-19(16-7-13-6-14(9-16)10-17(19)8-13)15-2-1-3-18(11-15)24-4-5-25-21(22)23;/h4-6,14,16-17,19-20H,7-13,15H2,1-3H3,(H,25,27);4-6,14,16-17,19-20,26H,7-13,15H2,1-3H3,(H,25,27);4-6,12,14-15,17-18,24H,7-11,13H2,1-3H3,(H,23,25);1-3,11,13-14,16-17H,4-10,12,20H2;1H. The van der Waals surface area contributed by atoms with Crippen molar-refractivity contribution in [2.24, 2.45) is 100 Å². The fourth-order valence-corrected chi connectivity index (χ4v) is 25.3. The van der Waals surface area contributed by atoms with E-state index in [4.69, 9.17) is 39.3 Å². The number of aliphatic hydroxyl groups excluding tert-OH is 1. The van der Waals surface area contributed by atoms with Gasteiger partial charge >= 0.3 is 18.3 Å². The largest absolute Gasteiger partial charge is 0.508 e. The molecular weight excluding hydrogens is 1460 g/mol. The number of phenolic OH excluding ortho intramolecular Hbond substituents is 1. The third-order valence-corrected chi connectivity index (χ3v) is 28.4. The van der Waals surface area contributed by atoms with Gasteiger partial charge in [0, 0.05) is 47.8 Å². The number of ether oxygens (including phenoxy) is 6. The molecule has 23 nitrogen and oxygen atoms in total. The van der Waals surface area contributed by atoms with E-state index in [1.807, 2.05) is 117 Å². The Kier molecular flexibility index (Phi) is 26.4. The SMILES string of the molecule is CC(C)(C)OC(=O)NCC1(c2cccc(O)c2)C2CC3CC(C2)CC1C3.CC(C)(C)OC(=O)NCC1(c2cccc(OCCO)c2)C2CC3CC(C2)CC1C3.CC(C)(C)OC(=O)NCC1(c2cccc(OCCO[N+](=O)[O-])c2)C2CC3CC(C2)CC1C3.Cl.NCC1(c2cccc(OCCO[N+](=O)[O-])c2)C2CC3CC(C2)CC1C3. The number of aromatic hydroxyl groups is 1. The number of carbonyl (C=O) groups excluding carboxylic acids is 3. The smallest absolute Gasteiger partial charge is 0.407 e. The van der Waals surface area contributed by atoms with Crippen molar-refractivity contribution < 1.29 is 72.9 Å². The van der Waals surface area contributed by atoms with Crippen LogP contribution in [0, 0.1) is 115 Å². The van der Waals surface area contributed by atoms with Crippen molar-refractivity contribution in [3.05, 3.63) is 140 Å². The first-order valence-corrected chi connectivity index (χ1v) is 42.1. The van der Waals surface area contributed by atoms with Crippen molar-refractivity contribution in [2.45, 2.75) is 229 Å². The fraction of sp³-hybridized carbons (Fsp3) is 0.697. The molecule has 0 aliphatic heterocycles. The van der Waals surface area contributed by atoms with Crippen LogP contribution in [-0.4, -0.2) is 121 Å². The van der Waals surface area contributed by atoms with Crippen LogP contribution in [0.25, 0.3) is 0 Å². The number of benzene rings is 4. The third kappa shape index (κ3) is 19.3. The molecule has 16 saturated carbocycles. The van der Waals surface area contributed by atoms with Gasteiger partial charge in [0.1, 0.15) is 72.8 Å². The van der Waals surface area contributed by atoms with Gasteiger partial charge in [0.2, 0.25) is 0 Å². The summed E-state index contributed by atoms with van der Waals surface area (Å²) in [6.45, 7) is 19.8. The predicted octanol–water partition coefficient (Wildman–Crippen LogP) is 16.7. The van der Waals surface area contributed by atoms with Gasteiger partial charge in [0.25, 0.3) is 10.2 Å². The normalized spacial score (nSPS) is 33.1. The van der Waals surface area contributed by atoms with Gasteiger partial charge in [-0.3, -0.25) is 0 Å². The molecule has 622 valence electrons. The van der Waals surface area contributed by atoms with E-state index in [1.165, 1.54) is 151 Å². The number of aliphatic hydroxyl groups is 1. The summed E-state index contributed by atoms with van der Waals surface area (Å²) in [6.07, 6.45) is 24.6. The molecule has 7 N–H and O–H groups in total. The highest BCUT2D eigenvalue weighted by Gasteiger charge is 2.62. The van der Waals surface area contributed by atoms with Crippen LogP contribution in [0.15, 0.2) is 97.1 Å². The molecule has 16 aliphatic rings. The molecule has 16 fully saturated rings. The lowest BCUT2D eigenvalue weighted by molar-refractivity contribution is -0.757. The molecule has 0 aromatic heterocycles. The highest BCUT2D eigenvalue weighted by atomic mass is 35.5. The molecular formula is C89H127ClN6O17. The Bertz CT molecular complexity index is 3810. The molecule has 16 bridgehead atoms. The van der Waals surface area contributed by atoms with Gasteiger partial charge in [-0.05, 0) is 356 Å². The first-order valence-electron chi connectivity index (χ1n) is 42.1. The number of halogens is 1. The van der Waals surface area contributed by atoms with Crippen molar-refractivity contribution in [1.82, 2.24) is 16.0 Å². The summed E-state index contributed by atoms with van der Waals surface area (Å²) in [4.78, 5) is 66.6. The summed E-state index contributed by atoms with van der Waals surface area (Å²) in [5.41, 5.74) is 9.54. The molecule has 0 atom stereocenters. The van der Waals surface area contributed by atoms with E-state index in [-0.39, 0.29) is 85.4 Å². The molecule has 0 heterocycles. The lowest BCUT2D eigenvalue weighted by Gasteiger charge is -2.61. The van der Waals surface area contributed by atoms with E-state index < -0.39 is 27.0 Å². The lowest BCUT2D eigenvalue weighted by Crippen LogP contribution is -2.60. The Balaban J connectivity index is 0.000000140. The van der Waals surface area contributed by atoms with E-state index in [1.54, 1.807) is 6.07 Å². The number of alkyl carbamates (subject to hydrolysis) is 3. The van der Waals surface area contributed by atoms with Crippen LogP contribution in [0.3, 0.4) is 0 Å². The second kappa shape index (κ2) is 35.1. The zero-order valence-corrected chi connectivity index (χ0v) is 68.9. The summed E-state index contributed by atoms with van der Waals surface area (Å²) in [6, 6.07) is 32.3. The number of hydrogen-bond acceptors (Lipinski definition) is 18. The Hall–Kier alpha value is -7.50. The number of hydrogen-bond donors (Lipinski definition) is 6. The zero-order valence-electron chi connectivity index (χ0n) is 68.1. The molecule has 16 aliphatic carbocycles. The van der Waals surface area contributed by atoms with Gasteiger partial charge in [-0.2, -0.15) is 0 Å². The van der Waals surface area contributed by atoms with Crippen LogP contribution in [-0.2, 0) is 45.5 Å². The first kappa shape index (κ1) is 84.9. The summed E-state index contributed by atoms with van der Waals surface area (Å²) >= 11 is 0. The van der Waals surface area contributed by atoms with Crippen LogP contribution in [0.5, 0.6) is 23.0 Å². The predicted molar refractivity (Wildman–Crippen MR) is 431 cm³/mol. The molecule has 4 aromatic rings. The molecule has 0 spiro atoms. The van der Waals surface area contributed by atoms with Crippen LogP contribution in [0.4, 0.5) is 14.4 Å². The number of amides is 3. The van der Waals surface area contributed by atoms with Crippen molar-refractivity contribution in [3.8, 4) is 23.0 Å². The van der Waals surface area contributed by atoms with E-state index in [9.17, 15) is 39.7 Å². The average Bonchev–Trinajstić information content (AvgIpc) is 0.725. The van der Waals surface area contributed by atoms with Crippen molar-refractivity contribution >= 4 is 30.7 Å². The monoisotopic (exact) mass is 1590 g/mol. The van der Waals surface area contributed by atoms with Crippen molar-refractivity contribution in [1.29, 1.82) is 0 Å². The lowest BCUT2D eigenvalue weighted by atomic mass is 9.43. The molecule has 0 radical (unpaired) electrons. The average molecular weight is 1590 g/mol. The minimum absolute atomic E-state index is 0. The van der Waals surface area contributed by atoms with Gasteiger partial charge in [0.15, 0.2) is 0 Å². The summed E-state index contributed by atoms with van der Waals surface area (Å²) in [5, 5.41) is 47.5. The van der Waals surface area contributed by atoms with Gasteiger partial charge in [-0.15, -0.1) is 32.6 Å². The number of nitrogens with one attached hydrogen (secondary N) is 3. The fourth-order valence-electron chi connectivity index (χ4n) is 25.3. The number of nitrogens with zero attached hydrogens (tertiary/aromatic N) is 2. The molecule has 0 saturated heterocycles. The Morgan fingerprint density at radius 2 is 0.646 bits per heavy atom. The first-order chi connectivity index (χ1) is 53.3. The number of carbonyl (C=O) groups is 3. The maximum atomic E-state index is 12.5. The third-order valence-electron chi connectivity index (χ3n) is 28.4. The highest BCUT2D eigenvalue weighted by Crippen LogP contribution is 2.67. The molecule has 0 unspecified atom stereocenters.